The Morgan fingerprint density at radius 2 is 1.88 bits per heavy atom. The van der Waals surface area contributed by atoms with Crippen LogP contribution in [0.1, 0.15) is 43.5 Å². The van der Waals surface area contributed by atoms with Gasteiger partial charge < -0.3 is 20.3 Å². The third-order valence-corrected chi connectivity index (χ3v) is 8.42. The molecule has 0 radical (unpaired) electrons. The zero-order valence-corrected chi connectivity index (χ0v) is 20.2. The minimum atomic E-state index is 0.420. The fourth-order valence-electron chi connectivity index (χ4n) is 5.52. The number of aryl methyl sites for hydroxylation is 2. The summed E-state index contributed by atoms with van der Waals surface area (Å²) in [6.07, 6.45) is 11.1. The van der Waals surface area contributed by atoms with Gasteiger partial charge in [-0.05, 0) is 58.5 Å². The molecule has 1 aliphatic carbocycles. The summed E-state index contributed by atoms with van der Waals surface area (Å²) in [6, 6.07) is 1.14. The smallest absolute Gasteiger partial charge is 0.230 e. The molecule has 1 spiro atoms. The van der Waals surface area contributed by atoms with Crippen LogP contribution in [0.4, 0.5) is 17.5 Å². The number of aromatic nitrogens is 5. The van der Waals surface area contributed by atoms with E-state index in [4.69, 9.17) is 19.7 Å². The van der Waals surface area contributed by atoms with Crippen LogP contribution in [0.15, 0.2) is 12.4 Å². The Labute approximate surface area is 198 Å². The minimum absolute atomic E-state index is 0.420. The third-order valence-electron chi connectivity index (χ3n) is 7.56. The fraction of sp³-hybridized carbons (Fsp3) is 0.652. The summed E-state index contributed by atoms with van der Waals surface area (Å²) < 4.78 is 7.25. The SMILES string of the molecule is Cc1nc2c(NC3CCC(N4CCC5(CC4)COC5)CC3)nc(Nc3cnn(C)c3)nc2s1. The van der Waals surface area contributed by atoms with E-state index in [1.165, 1.54) is 38.8 Å². The molecule has 2 N–H and O–H groups in total. The van der Waals surface area contributed by atoms with Crippen molar-refractivity contribution in [3.8, 4) is 0 Å². The highest BCUT2D eigenvalue weighted by molar-refractivity contribution is 7.18. The molecule has 2 aliphatic heterocycles. The van der Waals surface area contributed by atoms with E-state index in [1.54, 1.807) is 22.2 Å². The second-order valence-electron chi connectivity index (χ2n) is 9.99. The highest BCUT2D eigenvalue weighted by Gasteiger charge is 2.42. The van der Waals surface area contributed by atoms with Crippen LogP contribution >= 0.6 is 11.3 Å². The Balaban J connectivity index is 1.12. The van der Waals surface area contributed by atoms with E-state index in [1.807, 2.05) is 20.2 Å². The molecule has 5 heterocycles. The van der Waals surface area contributed by atoms with Gasteiger partial charge in [-0.25, -0.2) is 4.98 Å². The second-order valence-corrected chi connectivity index (χ2v) is 11.2. The number of anilines is 3. The minimum Gasteiger partial charge on any atom is -0.380 e. The Bertz CT molecular complexity index is 1120. The zero-order chi connectivity index (χ0) is 22.4. The van der Waals surface area contributed by atoms with E-state index in [0.29, 0.717) is 17.4 Å². The lowest BCUT2D eigenvalue weighted by molar-refractivity contribution is -0.143. The Morgan fingerprint density at radius 3 is 2.55 bits per heavy atom. The normalized spacial score (nSPS) is 25.3. The summed E-state index contributed by atoms with van der Waals surface area (Å²) in [5, 5.41) is 12.2. The maximum absolute atomic E-state index is 5.49. The third kappa shape index (κ3) is 4.31. The number of fused-ring (bicyclic) bond motifs is 1. The number of piperidine rings is 1. The molecule has 3 fully saturated rings. The van der Waals surface area contributed by atoms with E-state index in [-0.39, 0.29) is 0 Å². The molecule has 0 amide bonds. The van der Waals surface area contributed by atoms with Gasteiger partial charge in [0, 0.05) is 30.7 Å². The molecule has 1 saturated carbocycles. The van der Waals surface area contributed by atoms with Gasteiger partial charge in [0.2, 0.25) is 5.95 Å². The summed E-state index contributed by atoms with van der Waals surface area (Å²) in [7, 11) is 1.90. The molecule has 10 heteroatoms. The Hall–Kier alpha value is -2.30. The van der Waals surface area contributed by atoms with Crippen LogP contribution in [-0.4, -0.2) is 68.0 Å². The van der Waals surface area contributed by atoms with Crippen molar-refractivity contribution in [1.82, 2.24) is 29.6 Å². The predicted octanol–water partition coefficient (Wildman–Crippen LogP) is 3.71. The largest absolute Gasteiger partial charge is 0.380 e. The van der Waals surface area contributed by atoms with Crippen molar-refractivity contribution in [2.24, 2.45) is 12.5 Å². The summed E-state index contributed by atoms with van der Waals surface area (Å²) in [5.41, 5.74) is 2.27. The molecule has 2 saturated heterocycles. The van der Waals surface area contributed by atoms with E-state index in [0.717, 1.165) is 59.0 Å². The van der Waals surface area contributed by atoms with Gasteiger partial charge in [-0.2, -0.15) is 15.1 Å². The molecule has 0 unspecified atom stereocenters. The number of hydrogen-bond donors (Lipinski definition) is 2. The van der Waals surface area contributed by atoms with Gasteiger partial charge in [0.15, 0.2) is 10.6 Å². The molecule has 3 aromatic heterocycles. The van der Waals surface area contributed by atoms with Crippen molar-refractivity contribution < 1.29 is 4.74 Å². The Morgan fingerprint density at radius 1 is 1.09 bits per heavy atom. The second kappa shape index (κ2) is 8.48. The molecular formula is C23H32N8OS. The van der Waals surface area contributed by atoms with E-state index < -0.39 is 0 Å². The first kappa shape index (κ1) is 21.2. The van der Waals surface area contributed by atoms with Crippen LogP contribution in [0.3, 0.4) is 0 Å². The van der Waals surface area contributed by atoms with Crippen molar-refractivity contribution in [3.05, 3.63) is 17.4 Å². The van der Waals surface area contributed by atoms with Gasteiger partial charge in [-0.1, -0.05) is 11.3 Å². The summed E-state index contributed by atoms with van der Waals surface area (Å²) in [6.45, 7) is 6.46. The van der Waals surface area contributed by atoms with Gasteiger partial charge in [0.25, 0.3) is 0 Å². The number of rotatable bonds is 5. The molecule has 0 atom stereocenters. The average Bonchev–Trinajstić information content (AvgIpc) is 3.37. The van der Waals surface area contributed by atoms with Crippen LogP contribution < -0.4 is 10.6 Å². The quantitative estimate of drug-likeness (QED) is 0.585. The Kier molecular flexibility index (Phi) is 5.46. The van der Waals surface area contributed by atoms with Crippen molar-refractivity contribution in [1.29, 1.82) is 0 Å². The van der Waals surface area contributed by atoms with Crippen LogP contribution in [-0.2, 0) is 11.8 Å². The standard InChI is InChI=1S/C23H32N8OS/c1-15-25-19-20(28-22(29-21(19)33-15)27-17-11-24-30(2)12-17)26-16-3-5-18(6-4-16)31-9-7-23(8-10-31)13-32-14-23/h11-12,16,18H,3-10,13-14H2,1-2H3,(H2,26,27,28,29). The molecule has 6 rings (SSSR count). The van der Waals surface area contributed by atoms with E-state index in [2.05, 4.69) is 20.6 Å². The lowest BCUT2D eigenvalue weighted by Gasteiger charge is -2.49. The molecule has 9 nitrogen and oxygen atoms in total. The number of likely N-dealkylation sites (tertiary alicyclic amines) is 1. The van der Waals surface area contributed by atoms with Gasteiger partial charge in [-0.15, -0.1) is 0 Å². The maximum Gasteiger partial charge on any atom is 0.230 e. The molecule has 3 aromatic rings. The molecule has 0 aromatic carbocycles. The van der Waals surface area contributed by atoms with Crippen molar-refractivity contribution in [2.75, 3.05) is 36.9 Å². The number of nitrogens with one attached hydrogen (secondary N) is 2. The summed E-state index contributed by atoms with van der Waals surface area (Å²) in [5.74, 6) is 1.42. The average molecular weight is 469 g/mol. The van der Waals surface area contributed by atoms with Crippen molar-refractivity contribution in [2.45, 2.75) is 57.5 Å². The summed E-state index contributed by atoms with van der Waals surface area (Å²) in [4.78, 5) is 17.9. The van der Waals surface area contributed by atoms with Gasteiger partial charge in [0.1, 0.15) is 5.52 Å². The molecule has 0 bridgehead atoms. The summed E-state index contributed by atoms with van der Waals surface area (Å²) >= 11 is 1.61. The first-order valence-corrected chi connectivity index (χ1v) is 12.9. The monoisotopic (exact) mass is 468 g/mol. The van der Waals surface area contributed by atoms with Crippen LogP contribution in [0.25, 0.3) is 10.3 Å². The van der Waals surface area contributed by atoms with E-state index in [9.17, 15) is 0 Å². The number of thiazole rings is 1. The number of hydrogen-bond acceptors (Lipinski definition) is 9. The number of ether oxygens (including phenoxy) is 1. The van der Waals surface area contributed by atoms with Crippen LogP contribution in [0.2, 0.25) is 0 Å². The lowest BCUT2D eigenvalue weighted by atomic mass is 9.76. The highest BCUT2D eigenvalue weighted by atomic mass is 32.1. The lowest BCUT2D eigenvalue weighted by Crippen LogP contribution is -2.53. The fourth-order valence-corrected chi connectivity index (χ4v) is 6.31. The maximum atomic E-state index is 5.49. The van der Waals surface area contributed by atoms with Crippen LogP contribution in [0, 0.1) is 12.3 Å². The highest BCUT2D eigenvalue weighted by Crippen LogP contribution is 2.40. The van der Waals surface area contributed by atoms with Gasteiger partial charge in [0.05, 0.1) is 30.1 Å². The molecule has 176 valence electrons. The number of nitrogens with zero attached hydrogens (tertiary/aromatic N) is 6. The molecular weight excluding hydrogens is 436 g/mol. The van der Waals surface area contributed by atoms with Crippen LogP contribution in [0.5, 0.6) is 0 Å². The molecule has 33 heavy (non-hydrogen) atoms. The predicted molar refractivity (Wildman–Crippen MR) is 130 cm³/mol. The van der Waals surface area contributed by atoms with Crippen molar-refractivity contribution >= 4 is 39.1 Å². The molecule has 3 aliphatic rings. The zero-order valence-electron chi connectivity index (χ0n) is 19.4. The topological polar surface area (TPSA) is 93.0 Å². The van der Waals surface area contributed by atoms with Gasteiger partial charge in [-0.3, -0.25) is 4.68 Å². The first-order chi connectivity index (χ1) is 16.1. The van der Waals surface area contributed by atoms with E-state index >= 15 is 0 Å². The first-order valence-electron chi connectivity index (χ1n) is 12.0. The van der Waals surface area contributed by atoms with Gasteiger partial charge >= 0.3 is 0 Å². The van der Waals surface area contributed by atoms with Crippen molar-refractivity contribution in [3.63, 3.8) is 0 Å².